The van der Waals surface area contributed by atoms with Crippen LogP contribution in [0.4, 0.5) is 5.82 Å². The zero-order valence-electron chi connectivity index (χ0n) is 15.5. The van der Waals surface area contributed by atoms with Gasteiger partial charge < -0.3 is 15.4 Å². The highest BCUT2D eigenvalue weighted by atomic mass is 32.2. The Morgan fingerprint density at radius 3 is 2.64 bits per heavy atom. The molecule has 150 valence electrons. The molecule has 2 fully saturated rings. The van der Waals surface area contributed by atoms with E-state index in [4.69, 9.17) is 10.5 Å². The molecule has 2 N–H and O–H groups in total. The molecule has 0 saturated carbocycles. The number of hydrogen-bond acceptors (Lipinski definition) is 6. The van der Waals surface area contributed by atoms with E-state index >= 15 is 0 Å². The van der Waals surface area contributed by atoms with Gasteiger partial charge in [0.15, 0.2) is 0 Å². The van der Waals surface area contributed by atoms with Gasteiger partial charge in [0.05, 0.1) is 19.0 Å². The third-order valence-corrected chi connectivity index (χ3v) is 7.62. The number of thioether (sulfide) groups is 1. The molecule has 2 atom stereocenters. The Balaban J connectivity index is 0.00000192. The van der Waals surface area contributed by atoms with Gasteiger partial charge in [-0.25, -0.2) is 9.97 Å². The number of piperidine rings is 1. The molecule has 1 aliphatic carbocycles. The largest absolute Gasteiger partial charge is 0.380 e. The van der Waals surface area contributed by atoms with Crippen LogP contribution in [0.5, 0.6) is 0 Å². The molecule has 0 bridgehead atoms. The number of fused-ring (bicyclic) bond motifs is 1. The van der Waals surface area contributed by atoms with Crippen molar-refractivity contribution < 1.29 is 4.74 Å². The molecule has 3 aliphatic rings. The maximum absolute atomic E-state index is 6.68. The lowest BCUT2D eigenvalue weighted by molar-refractivity contribution is 0.187. The molecule has 3 heterocycles. The molecule has 2 aliphatic heterocycles. The van der Waals surface area contributed by atoms with Crippen LogP contribution < -0.4 is 10.6 Å². The standard InChI is InChI=1S/C21H26N4OS.CH4/c22-20-17-4-2-1-3-15(17)11-21(20)6-8-25(9-7-21)18-12-24-19(13-23-18)27-16-5-10-26-14-16;/h1-4,12-13,16,20H,5-11,14,22H2;1H4/t16-,20+;/m0./s1. The van der Waals surface area contributed by atoms with Crippen LogP contribution in [0.25, 0.3) is 0 Å². The summed E-state index contributed by atoms with van der Waals surface area (Å²) in [5, 5.41) is 1.52. The first-order chi connectivity index (χ1) is 13.2. The number of aromatic nitrogens is 2. The van der Waals surface area contributed by atoms with Gasteiger partial charge in [-0.2, -0.15) is 0 Å². The Morgan fingerprint density at radius 2 is 1.96 bits per heavy atom. The second kappa shape index (κ2) is 8.01. The van der Waals surface area contributed by atoms with E-state index in [0.717, 1.165) is 62.8 Å². The Morgan fingerprint density at radius 1 is 1.14 bits per heavy atom. The molecule has 2 saturated heterocycles. The molecule has 28 heavy (non-hydrogen) atoms. The van der Waals surface area contributed by atoms with E-state index in [1.165, 1.54) is 11.1 Å². The summed E-state index contributed by atoms with van der Waals surface area (Å²) in [6, 6.07) is 8.85. The molecule has 0 unspecified atom stereocenters. The molecule has 2 aromatic rings. The first-order valence-electron chi connectivity index (χ1n) is 9.88. The predicted octanol–water partition coefficient (Wildman–Crippen LogP) is 3.84. The van der Waals surface area contributed by atoms with Crippen molar-refractivity contribution in [2.24, 2.45) is 11.1 Å². The second-order valence-corrected chi connectivity index (χ2v) is 9.34. The number of nitrogens with two attached hydrogens (primary N) is 1. The fraction of sp³-hybridized carbons (Fsp3) is 0.545. The maximum Gasteiger partial charge on any atom is 0.147 e. The van der Waals surface area contributed by atoms with Gasteiger partial charge in [-0.15, -0.1) is 0 Å². The Kier molecular flexibility index (Phi) is 5.63. The fourth-order valence-electron chi connectivity index (χ4n) is 4.80. The van der Waals surface area contributed by atoms with Gasteiger partial charge in [-0.05, 0) is 42.2 Å². The monoisotopic (exact) mass is 398 g/mol. The molecule has 6 heteroatoms. The van der Waals surface area contributed by atoms with E-state index < -0.39 is 0 Å². The average molecular weight is 399 g/mol. The summed E-state index contributed by atoms with van der Waals surface area (Å²) in [6.07, 6.45) is 8.29. The molecule has 0 radical (unpaired) electrons. The summed E-state index contributed by atoms with van der Waals surface area (Å²) >= 11 is 1.78. The van der Waals surface area contributed by atoms with Crippen LogP contribution in [0.1, 0.15) is 43.9 Å². The topological polar surface area (TPSA) is 64.3 Å². The Hall–Kier alpha value is -1.63. The smallest absolute Gasteiger partial charge is 0.147 e. The summed E-state index contributed by atoms with van der Waals surface area (Å²) in [6.45, 7) is 3.69. The van der Waals surface area contributed by atoms with Gasteiger partial charge in [-0.1, -0.05) is 43.5 Å². The fourth-order valence-corrected chi connectivity index (χ4v) is 5.74. The third-order valence-electron chi connectivity index (χ3n) is 6.47. The van der Waals surface area contributed by atoms with Crippen LogP contribution >= 0.6 is 11.8 Å². The Labute approximate surface area is 172 Å². The average Bonchev–Trinajstić information content (AvgIpc) is 3.31. The molecular weight excluding hydrogens is 368 g/mol. The molecule has 1 aromatic heterocycles. The number of hydrogen-bond donors (Lipinski definition) is 1. The maximum atomic E-state index is 6.68. The number of benzene rings is 1. The number of nitrogens with zero attached hydrogens (tertiary/aromatic N) is 3. The normalized spacial score (nSPS) is 25.5. The summed E-state index contributed by atoms with van der Waals surface area (Å²) in [7, 11) is 0. The molecule has 1 aromatic carbocycles. The van der Waals surface area contributed by atoms with Gasteiger partial charge in [-0.3, -0.25) is 0 Å². The van der Waals surface area contributed by atoms with Crippen LogP contribution in [-0.4, -0.2) is 41.5 Å². The molecule has 5 nitrogen and oxygen atoms in total. The van der Waals surface area contributed by atoms with Gasteiger partial charge in [0.2, 0.25) is 0 Å². The molecule has 5 rings (SSSR count). The summed E-state index contributed by atoms with van der Waals surface area (Å²) in [4.78, 5) is 11.7. The van der Waals surface area contributed by atoms with Gasteiger partial charge in [0.1, 0.15) is 10.8 Å². The second-order valence-electron chi connectivity index (χ2n) is 8.02. The first-order valence-corrected chi connectivity index (χ1v) is 10.8. The highest BCUT2D eigenvalue weighted by Crippen LogP contribution is 2.50. The van der Waals surface area contributed by atoms with Crippen molar-refractivity contribution in [1.82, 2.24) is 9.97 Å². The van der Waals surface area contributed by atoms with E-state index in [2.05, 4.69) is 39.1 Å². The minimum absolute atomic E-state index is 0. The highest BCUT2D eigenvalue weighted by Gasteiger charge is 2.45. The minimum atomic E-state index is 0. The predicted molar refractivity (Wildman–Crippen MR) is 115 cm³/mol. The van der Waals surface area contributed by atoms with Crippen LogP contribution in [0.3, 0.4) is 0 Å². The summed E-state index contributed by atoms with van der Waals surface area (Å²) < 4.78 is 5.44. The van der Waals surface area contributed by atoms with Gasteiger partial charge in [0.25, 0.3) is 0 Å². The van der Waals surface area contributed by atoms with Crippen molar-refractivity contribution in [3.05, 3.63) is 47.8 Å². The van der Waals surface area contributed by atoms with Crippen LogP contribution in [0.2, 0.25) is 0 Å². The van der Waals surface area contributed by atoms with E-state index in [1.54, 1.807) is 11.8 Å². The molecule has 1 spiro atoms. The van der Waals surface area contributed by atoms with Gasteiger partial charge in [0, 0.05) is 31.0 Å². The van der Waals surface area contributed by atoms with Crippen LogP contribution in [0.15, 0.2) is 41.7 Å². The van der Waals surface area contributed by atoms with Crippen molar-refractivity contribution >= 4 is 17.6 Å². The summed E-state index contributed by atoms with van der Waals surface area (Å²) in [5.74, 6) is 0.987. The van der Waals surface area contributed by atoms with Crippen LogP contribution in [-0.2, 0) is 11.2 Å². The molecular formula is C22H30N4OS. The summed E-state index contributed by atoms with van der Waals surface area (Å²) in [5.41, 5.74) is 9.68. The van der Waals surface area contributed by atoms with Gasteiger partial charge >= 0.3 is 0 Å². The highest BCUT2D eigenvalue weighted by molar-refractivity contribution is 7.99. The molecule has 0 amide bonds. The van der Waals surface area contributed by atoms with Crippen molar-refractivity contribution in [2.45, 2.75) is 49.4 Å². The van der Waals surface area contributed by atoms with E-state index in [1.807, 2.05) is 12.4 Å². The SMILES string of the molecule is C.N[C@@H]1c2ccccc2CC12CCN(c1cnc(S[C@H]3CCOC3)cn1)CC2. The quantitative estimate of drug-likeness (QED) is 0.848. The van der Waals surface area contributed by atoms with Crippen molar-refractivity contribution in [1.29, 1.82) is 0 Å². The zero-order valence-corrected chi connectivity index (χ0v) is 16.3. The first kappa shape index (κ1) is 19.7. The van der Waals surface area contributed by atoms with E-state index in [-0.39, 0.29) is 18.9 Å². The van der Waals surface area contributed by atoms with E-state index in [0.29, 0.717) is 5.25 Å². The van der Waals surface area contributed by atoms with Crippen molar-refractivity contribution in [2.75, 3.05) is 31.2 Å². The third kappa shape index (κ3) is 3.53. The van der Waals surface area contributed by atoms with Crippen molar-refractivity contribution in [3.8, 4) is 0 Å². The van der Waals surface area contributed by atoms with E-state index in [9.17, 15) is 0 Å². The lowest BCUT2D eigenvalue weighted by Gasteiger charge is -2.42. The Bertz CT molecular complexity index is 798. The number of anilines is 1. The lowest BCUT2D eigenvalue weighted by Crippen LogP contribution is -2.44. The minimum Gasteiger partial charge on any atom is -0.380 e. The zero-order chi connectivity index (χ0) is 18.3. The van der Waals surface area contributed by atoms with Crippen LogP contribution in [0, 0.1) is 5.41 Å². The number of rotatable bonds is 3. The lowest BCUT2D eigenvalue weighted by atomic mass is 9.73. The van der Waals surface area contributed by atoms with Crippen molar-refractivity contribution in [3.63, 3.8) is 0 Å². The number of ether oxygens (including phenoxy) is 1.